The largest absolute Gasteiger partial charge is 0.356 e. The Morgan fingerprint density at radius 1 is 1.14 bits per heavy atom. The number of amides is 1. The van der Waals surface area contributed by atoms with Gasteiger partial charge in [-0.15, -0.1) is 0 Å². The van der Waals surface area contributed by atoms with Crippen molar-refractivity contribution in [3.63, 3.8) is 0 Å². The lowest BCUT2D eigenvalue weighted by molar-refractivity contribution is -0.130. The third-order valence-electron chi connectivity index (χ3n) is 4.73. The summed E-state index contributed by atoms with van der Waals surface area (Å²) in [5.41, 5.74) is 0.879. The zero-order chi connectivity index (χ0) is 14.9. The number of pyridine rings is 1. The molecule has 0 saturated carbocycles. The van der Waals surface area contributed by atoms with Crippen LogP contribution in [-0.2, 0) is 4.79 Å². The van der Waals surface area contributed by atoms with E-state index in [2.05, 4.69) is 24.8 Å². The third-order valence-corrected chi connectivity index (χ3v) is 4.73. The van der Waals surface area contributed by atoms with Gasteiger partial charge in [-0.25, -0.2) is 9.97 Å². The Morgan fingerprint density at radius 2 is 2.00 bits per heavy atom. The van der Waals surface area contributed by atoms with Crippen LogP contribution in [0.5, 0.6) is 0 Å². The second-order valence-corrected chi connectivity index (χ2v) is 6.00. The maximum absolute atomic E-state index is 11.9. The zero-order valence-electron chi connectivity index (χ0n) is 12.5. The summed E-state index contributed by atoms with van der Waals surface area (Å²) in [5.74, 6) is 1.32. The van der Waals surface area contributed by atoms with Gasteiger partial charge < -0.3 is 9.80 Å². The molecule has 0 radical (unpaired) electrons. The topological polar surface area (TPSA) is 62.2 Å². The lowest BCUT2D eigenvalue weighted by Crippen LogP contribution is -2.45. The van der Waals surface area contributed by atoms with Gasteiger partial charge in [0.25, 0.3) is 0 Å². The number of piperidine rings is 1. The number of aromatic nitrogens is 3. The van der Waals surface area contributed by atoms with Crippen LogP contribution in [0.15, 0.2) is 24.8 Å². The zero-order valence-corrected chi connectivity index (χ0v) is 12.5. The van der Waals surface area contributed by atoms with Gasteiger partial charge in [0, 0.05) is 43.7 Å². The third kappa shape index (κ3) is 2.28. The van der Waals surface area contributed by atoms with Crippen molar-refractivity contribution in [1.82, 2.24) is 19.9 Å². The van der Waals surface area contributed by atoms with E-state index in [0.29, 0.717) is 11.9 Å². The van der Waals surface area contributed by atoms with Gasteiger partial charge in [0.1, 0.15) is 12.1 Å². The van der Waals surface area contributed by atoms with Gasteiger partial charge in [-0.3, -0.25) is 9.78 Å². The van der Waals surface area contributed by atoms with Crippen molar-refractivity contribution in [3.8, 4) is 0 Å². The molecule has 4 heterocycles. The van der Waals surface area contributed by atoms with Crippen LogP contribution in [0.25, 0.3) is 10.9 Å². The molecule has 1 amide bonds. The first-order chi connectivity index (χ1) is 10.8. The van der Waals surface area contributed by atoms with Crippen molar-refractivity contribution in [2.75, 3.05) is 24.5 Å². The summed E-state index contributed by atoms with van der Waals surface area (Å²) in [4.78, 5) is 29.1. The van der Waals surface area contributed by atoms with Crippen molar-refractivity contribution in [3.05, 3.63) is 24.8 Å². The molecule has 0 aliphatic carbocycles. The number of rotatable bonds is 2. The summed E-state index contributed by atoms with van der Waals surface area (Å²) >= 11 is 0. The van der Waals surface area contributed by atoms with Crippen LogP contribution in [0, 0.1) is 0 Å². The minimum atomic E-state index is 0.331. The number of hydrogen-bond acceptors (Lipinski definition) is 5. The molecule has 22 heavy (non-hydrogen) atoms. The molecule has 0 unspecified atom stereocenters. The summed E-state index contributed by atoms with van der Waals surface area (Å²) in [6, 6.07) is 2.38. The van der Waals surface area contributed by atoms with Gasteiger partial charge in [0.15, 0.2) is 0 Å². The fourth-order valence-electron chi connectivity index (χ4n) is 3.59. The number of likely N-dealkylation sites (tertiary alicyclic amines) is 1. The van der Waals surface area contributed by atoms with Crippen molar-refractivity contribution in [2.24, 2.45) is 0 Å². The Kier molecular flexibility index (Phi) is 3.36. The van der Waals surface area contributed by atoms with E-state index in [9.17, 15) is 4.79 Å². The summed E-state index contributed by atoms with van der Waals surface area (Å²) < 4.78 is 0. The van der Waals surface area contributed by atoms with Crippen LogP contribution in [0.2, 0.25) is 0 Å². The molecule has 2 fully saturated rings. The Morgan fingerprint density at radius 3 is 2.77 bits per heavy atom. The predicted molar refractivity (Wildman–Crippen MR) is 83.5 cm³/mol. The minimum absolute atomic E-state index is 0.331. The number of carbonyl (C=O) groups is 1. The van der Waals surface area contributed by atoms with Crippen LogP contribution < -0.4 is 4.90 Å². The molecule has 4 rings (SSSR count). The molecule has 2 saturated heterocycles. The second kappa shape index (κ2) is 5.51. The van der Waals surface area contributed by atoms with E-state index in [0.717, 1.165) is 62.0 Å². The standard InChI is InChI=1S/C16H19N5O/c22-15-2-1-7-21(15)12-4-8-20(9-5-12)16-13-3-6-17-10-14(13)18-11-19-16/h3,6,10-12H,1-2,4-5,7-9H2. The molecule has 0 aromatic carbocycles. The average Bonchev–Trinajstić information content (AvgIpc) is 3.01. The first kappa shape index (κ1) is 13.4. The summed E-state index contributed by atoms with van der Waals surface area (Å²) in [6.07, 6.45) is 8.94. The maximum Gasteiger partial charge on any atom is 0.222 e. The van der Waals surface area contributed by atoms with Crippen LogP contribution >= 0.6 is 0 Å². The van der Waals surface area contributed by atoms with Crippen molar-refractivity contribution >= 4 is 22.6 Å². The number of carbonyl (C=O) groups excluding carboxylic acids is 1. The molecular formula is C16H19N5O. The fraction of sp³-hybridized carbons (Fsp3) is 0.500. The van der Waals surface area contributed by atoms with Crippen LogP contribution in [0.3, 0.4) is 0 Å². The smallest absolute Gasteiger partial charge is 0.222 e. The molecule has 0 atom stereocenters. The SMILES string of the molecule is O=C1CCCN1C1CCN(c2ncnc3cnccc23)CC1. The highest BCUT2D eigenvalue weighted by atomic mass is 16.2. The Balaban J connectivity index is 1.52. The average molecular weight is 297 g/mol. The molecular weight excluding hydrogens is 278 g/mol. The van der Waals surface area contributed by atoms with Crippen molar-refractivity contribution in [1.29, 1.82) is 0 Å². The molecule has 114 valence electrons. The quantitative estimate of drug-likeness (QED) is 0.843. The first-order valence-electron chi connectivity index (χ1n) is 7.92. The molecule has 2 aromatic heterocycles. The van der Waals surface area contributed by atoms with Crippen molar-refractivity contribution < 1.29 is 4.79 Å². The van der Waals surface area contributed by atoms with Gasteiger partial charge in [-0.05, 0) is 25.3 Å². The Bertz CT molecular complexity index is 691. The fourth-order valence-corrected chi connectivity index (χ4v) is 3.59. The van der Waals surface area contributed by atoms with Crippen LogP contribution in [0.4, 0.5) is 5.82 Å². The normalized spacial score (nSPS) is 20.1. The van der Waals surface area contributed by atoms with Gasteiger partial charge in [0.05, 0.1) is 11.7 Å². The van der Waals surface area contributed by atoms with E-state index >= 15 is 0 Å². The highest BCUT2D eigenvalue weighted by Gasteiger charge is 2.31. The number of hydrogen-bond donors (Lipinski definition) is 0. The molecule has 6 nitrogen and oxygen atoms in total. The van der Waals surface area contributed by atoms with Crippen LogP contribution in [-0.4, -0.2) is 51.4 Å². The minimum Gasteiger partial charge on any atom is -0.356 e. The first-order valence-corrected chi connectivity index (χ1v) is 7.92. The van der Waals surface area contributed by atoms with Crippen LogP contribution in [0.1, 0.15) is 25.7 Å². The maximum atomic E-state index is 11.9. The van der Waals surface area contributed by atoms with Gasteiger partial charge >= 0.3 is 0 Å². The summed E-state index contributed by atoms with van der Waals surface area (Å²) in [6.45, 7) is 2.80. The lowest BCUT2D eigenvalue weighted by atomic mass is 10.0. The summed E-state index contributed by atoms with van der Waals surface area (Å²) in [7, 11) is 0. The van der Waals surface area contributed by atoms with Gasteiger partial charge in [-0.2, -0.15) is 0 Å². The van der Waals surface area contributed by atoms with E-state index in [1.54, 1.807) is 18.7 Å². The van der Waals surface area contributed by atoms with E-state index < -0.39 is 0 Å². The number of fused-ring (bicyclic) bond motifs is 1. The Labute approximate surface area is 129 Å². The van der Waals surface area contributed by atoms with E-state index in [1.807, 2.05) is 6.07 Å². The van der Waals surface area contributed by atoms with E-state index in [4.69, 9.17) is 0 Å². The summed E-state index contributed by atoms with van der Waals surface area (Å²) in [5, 5.41) is 1.05. The van der Waals surface area contributed by atoms with E-state index in [1.165, 1.54) is 0 Å². The van der Waals surface area contributed by atoms with Crippen molar-refractivity contribution in [2.45, 2.75) is 31.7 Å². The highest BCUT2D eigenvalue weighted by molar-refractivity contribution is 5.88. The molecule has 2 aliphatic heterocycles. The molecule has 2 aromatic rings. The van der Waals surface area contributed by atoms with Gasteiger partial charge in [-0.1, -0.05) is 0 Å². The molecule has 2 aliphatic rings. The second-order valence-electron chi connectivity index (χ2n) is 6.00. The predicted octanol–water partition coefficient (Wildman–Crippen LogP) is 1.62. The highest BCUT2D eigenvalue weighted by Crippen LogP contribution is 2.27. The van der Waals surface area contributed by atoms with E-state index in [-0.39, 0.29) is 0 Å². The number of anilines is 1. The molecule has 0 bridgehead atoms. The lowest BCUT2D eigenvalue weighted by Gasteiger charge is -2.37. The number of nitrogens with zero attached hydrogens (tertiary/aromatic N) is 5. The molecule has 0 N–H and O–H groups in total. The molecule has 0 spiro atoms. The monoisotopic (exact) mass is 297 g/mol. The molecule has 6 heteroatoms. The van der Waals surface area contributed by atoms with Gasteiger partial charge in [0.2, 0.25) is 5.91 Å². The Hall–Kier alpha value is -2.24.